The number of halogens is 7. The van der Waals surface area contributed by atoms with Gasteiger partial charge >= 0.3 is 12.7 Å². The molecule has 2 fully saturated rings. The Bertz CT molecular complexity index is 2230. The summed E-state index contributed by atoms with van der Waals surface area (Å²) in [7, 11) is 6.94. The average Bonchev–Trinajstić information content (AvgIpc) is 3.66. The first-order chi connectivity index (χ1) is 28.4. The van der Waals surface area contributed by atoms with E-state index < -0.39 is 51.0 Å². The lowest BCUT2D eigenvalue weighted by Gasteiger charge is -2.54. The van der Waals surface area contributed by atoms with Crippen molar-refractivity contribution < 1.29 is 69.1 Å². The Labute approximate surface area is 354 Å². The van der Waals surface area contributed by atoms with E-state index >= 15 is 4.79 Å². The lowest BCUT2D eigenvalue weighted by Crippen LogP contribution is -2.61. The zero-order valence-electron chi connectivity index (χ0n) is 32.7. The van der Waals surface area contributed by atoms with Gasteiger partial charge in [0.25, 0.3) is 0 Å². The van der Waals surface area contributed by atoms with Gasteiger partial charge in [0.1, 0.15) is 28.7 Å². The molecule has 2 heterocycles. The van der Waals surface area contributed by atoms with Gasteiger partial charge in [-0.25, -0.2) is 0 Å². The van der Waals surface area contributed by atoms with Gasteiger partial charge in [0.15, 0.2) is 21.2 Å². The van der Waals surface area contributed by atoms with Crippen molar-refractivity contribution in [3.8, 4) is 40.2 Å². The highest BCUT2D eigenvalue weighted by atomic mass is 35.5. The van der Waals surface area contributed by atoms with Crippen LogP contribution in [0.2, 0.25) is 5.02 Å². The third-order valence-corrected chi connectivity index (χ3v) is 13.4. The molecule has 0 spiro atoms. The monoisotopic (exact) mass is 902 g/mol. The molecule has 0 radical (unpaired) electrons. The van der Waals surface area contributed by atoms with E-state index in [2.05, 4.69) is 9.47 Å². The molecule has 20 heteroatoms. The largest absolute Gasteiger partial charge is 0.573 e. The van der Waals surface area contributed by atoms with E-state index in [-0.39, 0.29) is 63.7 Å². The minimum atomic E-state index is -4.96. The fraction of sp³-hybridized carbons (Fsp3) is 0.350. The smallest absolute Gasteiger partial charge is 0.496 e. The molecule has 6 rings (SSSR count). The van der Waals surface area contributed by atoms with Crippen molar-refractivity contribution in [3.63, 3.8) is 0 Å². The minimum Gasteiger partial charge on any atom is -0.496 e. The van der Waals surface area contributed by atoms with Gasteiger partial charge in [-0.3, -0.25) is 9.59 Å². The van der Waals surface area contributed by atoms with E-state index in [1.165, 1.54) is 75.7 Å². The number of rotatable bonds is 14. The molecule has 0 aliphatic carbocycles. The van der Waals surface area contributed by atoms with Crippen molar-refractivity contribution in [2.45, 2.75) is 47.7 Å². The molecule has 0 aromatic heterocycles. The Morgan fingerprint density at radius 2 is 1.08 bits per heavy atom. The molecule has 4 aromatic rings. The molecule has 2 aliphatic rings. The second-order valence-electron chi connectivity index (χ2n) is 13.2. The summed E-state index contributed by atoms with van der Waals surface area (Å²) in [5.41, 5.74) is 1.11. The van der Waals surface area contributed by atoms with Crippen molar-refractivity contribution in [2.24, 2.45) is 0 Å². The summed E-state index contributed by atoms with van der Waals surface area (Å²) in [5, 5.41) is -0.794. The molecular formula is C40H37ClF6N2O9S2. The Morgan fingerprint density at radius 1 is 0.633 bits per heavy atom. The molecule has 0 saturated carbocycles. The maximum absolute atomic E-state index is 15.0. The van der Waals surface area contributed by atoms with Crippen LogP contribution in [0.1, 0.15) is 29.2 Å². The van der Waals surface area contributed by atoms with E-state index in [4.69, 9.17) is 35.3 Å². The zero-order valence-corrected chi connectivity index (χ0v) is 35.0. The summed E-state index contributed by atoms with van der Waals surface area (Å²) in [6.45, 7) is 1.11. The Balaban J connectivity index is 1.74. The standard InChI is InChI=1S/C40H37ClF6N2O9S2/c1-22-36(51)49(20-24-9-13-26(14-10-24)58-40(45,46)47)38(60-22,32-28(52-2)16-15-27(41)34(32)55-5)37(33-29(53-3)17-18-30(54-4)35(33)56-6)48(31(50)21-59-37)19-23-7-11-25(12-8-23)57-39(42,43)44/h7-18,22H,19-21H2,1-6H3. The van der Waals surface area contributed by atoms with E-state index in [0.717, 1.165) is 47.8 Å². The fourth-order valence-electron chi connectivity index (χ4n) is 7.50. The molecule has 60 heavy (non-hydrogen) atoms. The van der Waals surface area contributed by atoms with Gasteiger partial charge in [-0.1, -0.05) is 35.9 Å². The summed E-state index contributed by atoms with van der Waals surface area (Å²) in [5.74, 6) is -1.45. The Kier molecular flexibility index (Phi) is 12.7. The second-order valence-corrected chi connectivity index (χ2v) is 16.3. The third kappa shape index (κ3) is 8.10. The Hall–Kier alpha value is -5.01. The van der Waals surface area contributed by atoms with Gasteiger partial charge in [-0.15, -0.1) is 49.9 Å². The zero-order chi connectivity index (χ0) is 43.8. The van der Waals surface area contributed by atoms with Gasteiger partial charge in [-0.2, -0.15) is 0 Å². The molecule has 11 nitrogen and oxygen atoms in total. The molecule has 3 unspecified atom stereocenters. The molecule has 322 valence electrons. The van der Waals surface area contributed by atoms with Crippen LogP contribution in [-0.4, -0.2) is 80.9 Å². The van der Waals surface area contributed by atoms with Crippen molar-refractivity contribution in [2.75, 3.05) is 41.3 Å². The first kappa shape index (κ1) is 44.5. The molecule has 2 saturated heterocycles. The number of thioether (sulfide) groups is 2. The van der Waals surface area contributed by atoms with Crippen LogP contribution in [0.3, 0.4) is 0 Å². The van der Waals surface area contributed by atoms with Gasteiger partial charge < -0.3 is 43.0 Å². The van der Waals surface area contributed by atoms with E-state index in [1.54, 1.807) is 25.1 Å². The highest BCUT2D eigenvalue weighted by molar-refractivity contribution is 8.05. The molecule has 3 atom stereocenters. The number of benzene rings is 4. The number of alkyl halides is 6. The lowest BCUT2D eigenvalue weighted by molar-refractivity contribution is -0.275. The average molecular weight is 903 g/mol. The molecule has 4 aromatic carbocycles. The van der Waals surface area contributed by atoms with Crippen molar-refractivity contribution in [1.82, 2.24) is 9.80 Å². The van der Waals surface area contributed by atoms with Crippen LogP contribution in [0.5, 0.6) is 40.2 Å². The fourth-order valence-corrected chi connectivity index (χ4v) is 11.3. The third-order valence-electron chi connectivity index (χ3n) is 9.78. The molecule has 2 aliphatic heterocycles. The van der Waals surface area contributed by atoms with Crippen molar-refractivity contribution >= 4 is 46.9 Å². The second kappa shape index (κ2) is 17.2. The molecule has 0 N–H and O–H groups in total. The van der Waals surface area contributed by atoms with Crippen LogP contribution < -0.4 is 33.2 Å². The van der Waals surface area contributed by atoms with Crippen LogP contribution in [-0.2, 0) is 32.4 Å². The van der Waals surface area contributed by atoms with Crippen LogP contribution in [0, 0.1) is 0 Å². The number of nitrogens with zero attached hydrogens (tertiary/aromatic N) is 2. The van der Waals surface area contributed by atoms with Crippen LogP contribution in [0.15, 0.2) is 72.8 Å². The van der Waals surface area contributed by atoms with Crippen molar-refractivity contribution in [1.29, 1.82) is 0 Å². The molecule has 0 bridgehead atoms. The number of amides is 2. The predicted octanol–water partition coefficient (Wildman–Crippen LogP) is 9.13. The minimum absolute atomic E-state index is 0.0538. The van der Waals surface area contributed by atoms with Gasteiger partial charge in [0.05, 0.1) is 62.7 Å². The summed E-state index contributed by atoms with van der Waals surface area (Å²) in [6, 6.07) is 16.2. The summed E-state index contributed by atoms with van der Waals surface area (Å²) >= 11 is 9.14. The summed E-state index contributed by atoms with van der Waals surface area (Å²) in [4.78, 5) is 29.0. The van der Waals surface area contributed by atoms with Gasteiger partial charge in [-0.05, 0) is 66.6 Å². The molecular weight excluding hydrogens is 866 g/mol. The van der Waals surface area contributed by atoms with E-state index in [0.29, 0.717) is 11.1 Å². The number of ether oxygens (including phenoxy) is 7. The normalized spacial score (nSPS) is 20.6. The quantitative estimate of drug-likeness (QED) is 0.113. The summed E-state index contributed by atoms with van der Waals surface area (Å²) < 4.78 is 117. The maximum Gasteiger partial charge on any atom is 0.573 e. The lowest BCUT2D eigenvalue weighted by atomic mass is 9.85. The van der Waals surface area contributed by atoms with Crippen LogP contribution >= 0.6 is 35.1 Å². The highest BCUT2D eigenvalue weighted by Crippen LogP contribution is 2.72. The Morgan fingerprint density at radius 3 is 1.55 bits per heavy atom. The first-order valence-corrected chi connectivity index (χ1v) is 20.0. The van der Waals surface area contributed by atoms with Gasteiger partial charge in [0.2, 0.25) is 11.8 Å². The van der Waals surface area contributed by atoms with E-state index in [1.807, 2.05) is 0 Å². The highest BCUT2D eigenvalue weighted by Gasteiger charge is 2.73. The van der Waals surface area contributed by atoms with Gasteiger partial charge in [0, 0.05) is 13.1 Å². The predicted molar refractivity (Wildman–Crippen MR) is 211 cm³/mol. The van der Waals surface area contributed by atoms with Crippen LogP contribution in [0.25, 0.3) is 0 Å². The van der Waals surface area contributed by atoms with E-state index in [9.17, 15) is 31.1 Å². The molecule has 2 amide bonds. The topological polar surface area (TPSA) is 105 Å². The number of hydrogen-bond donors (Lipinski definition) is 0. The number of hydrogen-bond acceptors (Lipinski definition) is 11. The summed E-state index contributed by atoms with van der Waals surface area (Å²) in [6.07, 6.45) is -9.92. The number of methoxy groups -OCH3 is 5. The van der Waals surface area contributed by atoms with Crippen molar-refractivity contribution in [3.05, 3.63) is 100 Å². The van der Waals surface area contributed by atoms with Crippen LogP contribution in [0.4, 0.5) is 26.3 Å². The number of carbonyl (C=O) groups excluding carboxylic acids is 2. The number of carbonyl (C=O) groups is 2. The SMILES string of the molecule is COc1ccc(OC)c(C2(C3(c4c(OC)ccc(Cl)c4OC)SC(C)C(=O)N3Cc3ccc(OC(F)(F)F)cc3)SCC(=O)N2Cc2ccc(OC(F)(F)F)cc2)c1OC. The maximum atomic E-state index is 15.0. The first-order valence-electron chi connectivity index (χ1n) is 17.7.